The summed E-state index contributed by atoms with van der Waals surface area (Å²) in [5.74, 6) is 0.134. The molecule has 0 bridgehead atoms. The van der Waals surface area contributed by atoms with Crippen molar-refractivity contribution in [1.82, 2.24) is 10.2 Å². The highest BCUT2D eigenvalue weighted by atomic mass is 35.5. The molecular weight excluding hydrogens is 324 g/mol. The van der Waals surface area contributed by atoms with Gasteiger partial charge in [0.25, 0.3) is 0 Å². The second kappa shape index (κ2) is 6.26. The zero-order chi connectivity index (χ0) is 17.5. The quantitative estimate of drug-likeness (QED) is 0.883. The first-order chi connectivity index (χ1) is 11.3. The minimum absolute atomic E-state index is 0.0953. The van der Waals surface area contributed by atoms with E-state index in [4.69, 9.17) is 11.6 Å². The summed E-state index contributed by atoms with van der Waals surface area (Å²) in [6, 6.07) is 11.5. The minimum Gasteiger partial charge on any atom is -0.390 e. The third-order valence-electron chi connectivity index (χ3n) is 4.88. The molecule has 0 aliphatic carbocycles. The summed E-state index contributed by atoms with van der Waals surface area (Å²) < 4.78 is 0. The topological polar surface area (TPSA) is 52.6 Å². The van der Waals surface area contributed by atoms with E-state index >= 15 is 0 Å². The standard InChI is InChI=1S/C19H23ClN2O2/c1-12(21-18(23)22-10-13(11-22)19(2,3)24)14-8-9-17(20)16-7-5-4-6-15(14)16/h4-9,12-13,24H,10-11H2,1-3H3,(H,21,23)/t12-/m0/s1. The predicted octanol–water partition coefficient (Wildman–Crippen LogP) is 3.97. The second-order valence-electron chi connectivity index (χ2n) is 7.11. The van der Waals surface area contributed by atoms with E-state index in [1.807, 2.05) is 43.3 Å². The minimum atomic E-state index is -0.741. The lowest BCUT2D eigenvalue weighted by atomic mass is 9.85. The first-order valence-corrected chi connectivity index (χ1v) is 8.60. The largest absolute Gasteiger partial charge is 0.390 e. The van der Waals surface area contributed by atoms with Crippen LogP contribution in [0.3, 0.4) is 0 Å². The predicted molar refractivity (Wildman–Crippen MR) is 97.3 cm³/mol. The van der Waals surface area contributed by atoms with Crippen LogP contribution in [-0.2, 0) is 0 Å². The fourth-order valence-corrected chi connectivity index (χ4v) is 3.34. The van der Waals surface area contributed by atoms with Gasteiger partial charge in [0.05, 0.1) is 11.6 Å². The van der Waals surface area contributed by atoms with Crippen molar-refractivity contribution in [3.63, 3.8) is 0 Å². The molecule has 1 saturated heterocycles. The number of halogens is 1. The van der Waals surface area contributed by atoms with Crippen LogP contribution in [-0.4, -0.2) is 34.7 Å². The lowest BCUT2D eigenvalue weighted by Crippen LogP contribution is -2.60. The summed E-state index contributed by atoms with van der Waals surface area (Å²) in [6.45, 7) is 6.72. The van der Waals surface area contributed by atoms with Gasteiger partial charge < -0.3 is 15.3 Å². The number of amides is 2. The number of nitrogens with one attached hydrogen (secondary N) is 1. The van der Waals surface area contributed by atoms with Crippen LogP contribution in [0.25, 0.3) is 10.8 Å². The second-order valence-corrected chi connectivity index (χ2v) is 7.52. The number of hydrogen-bond donors (Lipinski definition) is 2. The summed E-state index contributed by atoms with van der Waals surface area (Å²) in [5, 5.41) is 15.8. The van der Waals surface area contributed by atoms with Crippen molar-refractivity contribution < 1.29 is 9.90 Å². The summed E-state index contributed by atoms with van der Waals surface area (Å²) in [6.07, 6.45) is 0. The molecule has 24 heavy (non-hydrogen) atoms. The maximum Gasteiger partial charge on any atom is 0.317 e. The Morgan fingerprint density at radius 3 is 2.50 bits per heavy atom. The van der Waals surface area contributed by atoms with Crippen molar-refractivity contribution in [2.45, 2.75) is 32.4 Å². The van der Waals surface area contributed by atoms with Crippen LogP contribution in [0.4, 0.5) is 4.79 Å². The van der Waals surface area contributed by atoms with Gasteiger partial charge in [-0.15, -0.1) is 0 Å². The maximum absolute atomic E-state index is 12.4. The zero-order valence-corrected chi connectivity index (χ0v) is 15.0. The van der Waals surface area contributed by atoms with E-state index in [0.717, 1.165) is 16.3 Å². The summed E-state index contributed by atoms with van der Waals surface area (Å²) in [4.78, 5) is 14.1. The van der Waals surface area contributed by atoms with Gasteiger partial charge in [-0.25, -0.2) is 4.79 Å². The van der Waals surface area contributed by atoms with Crippen LogP contribution in [0.5, 0.6) is 0 Å². The number of rotatable bonds is 3. The van der Waals surface area contributed by atoms with Crippen molar-refractivity contribution in [2.75, 3.05) is 13.1 Å². The maximum atomic E-state index is 12.4. The molecule has 1 aliphatic rings. The Labute approximate surface area is 147 Å². The molecule has 0 unspecified atom stereocenters. The van der Waals surface area contributed by atoms with E-state index in [-0.39, 0.29) is 18.0 Å². The van der Waals surface area contributed by atoms with Crippen molar-refractivity contribution in [1.29, 1.82) is 0 Å². The van der Waals surface area contributed by atoms with Crippen molar-refractivity contribution in [3.05, 3.63) is 47.0 Å². The third kappa shape index (κ3) is 3.21. The van der Waals surface area contributed by atoms with Gasteiger partial charge in [-0.3, -0.25) is 0 Å². The number of carbonyl (C=O) groups is 1. The molecule has 0 saturated carbocycles. The summed E-state index contributed by atoms with van der Waals surface area (Å²) in [5.41, 5.74) is 0.303. The lowest BCUT2D eigenvalue weighted by molar-refractivity contribution is -0.0459. The smallest absolute Gasteiger partial charge is 0.317 e. The van der Waals surface area contributed by atoms with Gasteiger partial charge >= 0.3 is 6.03 Å². The Kier molecular flexibility index (Phi) is 4.45. The van der Waals surface area contributed by atoms with Gasteiger partial charge in [-0.05, 0) is 37.8 Å². The van der Waals surface area contributed by atoms with E-state index in [1.165, 1.54) is 0 Å². The van der Waals surface area contributed by atoms with E-state index in [2.05, 4.69) is 5.32 Å². The number of likely N-dealkylation sites (tertiary alicyclic amines) is 1. The van der Waals surface area contributed by atoms with Gasteiger partial charge in [-0.1, -0.05) is 41.9 Å². The average molecular weight is 347 g/mol. The molecule has 1 aliphatic heterocycles. The molecule has 128 valence electrons. The number of aliphatic hydroxyl groups is 1. The number of fused-ring (bicyclic) bond motifs is 1. The summed E-state index contributed by atoms with van der Waals surface area (Å²) >= 11 is 6.26. The molecule has 2 aromatic carbocycles. The molecule has 1 fully saturated rings. The summed E-state index contributed by atoms with van der Waals surface area (Å²) in [7, 11) is 0. The molecule has 0 spiro atoms. The van der Waals surface area contributed by atoms with Crippen LogP contribution in [0.15, 0.2) is 36.4 Å². The number of urea groups is 1. The molecule has 3 rings (SSSR count). The molecule has 0 aromatic heterocycles. The van der Waals surface area contributed by atoms with Gasteiger partial charge in [0.15, 0.2) is 0 Å². The fraction of sp³-hybridized carbons (Fsp3) is 0.421. The number of benzene rings is 2. The molecule has 2 amide bonds. The van der Waals surface area contributed by atoms with Gasteiger partial charge in [0, 0.05) is 29.4 Å². The van der Waals surface area contributed by atoms with E-state index in [0.29, 0.717) is 18.1 Å². The van der Waals surface area contributed by atoms with Crippen molar-refractivity contribution >= 4 is 28.4 Å². The lowest BCUT2D eigenvalue weighted by Gasteiger charge is -2.45. The van der Waals surface area contributed by atoms with Gasteiger partial charge in [0.2, 0.25) is 0 Å². The molecule has 1 atom stereocenters. The number of hydrogen-bond acceptors (Lipinski definition) is 2. The Morgan fingerprint density at radius 2 is 1.88 bits per heavy atom. The van der Waals surface area contributed by atoms with Crippen LogP contribution < -0.4 is 5.32 Å². The molecule has 2 N–H and O–H groups in total. The van der Waals surface area contributed by atoms with Crippen LogP contribution in [0.2, 0.25) is 5.02 Å². The Bertz CT molecular complexity index is 764. The molecule has 1 heterocycles. The molecular formula is C19H23ClN2O2. The Hall–Kier alpha value is -1.78. The van der Waals surface area contributed by atoms with E-state index in [9.17, 15) is 9.90 Å². The van der Waals surface area contributed by atoms with E-state index in [1.54, 1.807) is 18.7 Å². The SMILES string of the molecule is C[C@H](NC(=O)N1CC(C(C)(C)O)C1)c1ccc(Cl)c2ccccc12. The van der Waals surface area contributed by atoms with Gasteiger partial charge in [0.1, 0.15) is 0 Å². The van der Waals surface area contributed by atoms with Crippen molar-refractivity contribution in [2.24, 2.45) is 5.92 Å². The molecule has 2 aromatic rings. The average Bonchev–Trinajstić information content (AvgIpc) is 2.44. The normalized spacial score (nSPS) is 16.8. The highest BCUT2D eigenvalue weighted by Crippen LogP contribution is 2.31. The molecule has 4 nitrogen and oxygen atoms in total. The monoisotopic (exact) mass is 346 g/mol. The zero-order valence-electron chi connectivity index (χ0n) is 14.2. The van der Waals surface area contributed by atoms with Crippen LogP contribution in [0, 0.1) is 5.92 Å². The van der Waals surface area contributed by atoms with E-state index < -0.39 is 5.60 Å². The highest BCUT2D eigenvalue weighted by Gasteiger charge is 2.39. The fourth-order valence-electron chi connectivity index (χ4n) is 3.11. The number of nitrogens with zero attached hydrogens (tertiary/aromatic N) is 1. The van der Waals surface area contributed by atoms with Crippen LogP contribution >= 0.6 is 11.6 Å². The third-order valence-corrected chi connectivity index (χ3v) is 5.21. The van der Waals surface area contributed by atoms with Crippen LogP contribution in [0.1, 0.15) is 32.4 Å². The van der Waals surface area contributed by atoms with Gasteiger partial charge in [-0.2, -0.15) is 0 Å². The number of carbonyl (C=O) groups excluding carboxylic acids is 1. The highest BCUT2D eigenvalue weighted by molar-refractivity contribution is 6.35. The molecule has 5 heteroatoms. The first-order valence-electron chi connectivity index (χ1n) is 8.22. The first kappa shape index (κ1) is 17.1. The van der Waals surface area contributed by atoms with Crippen molar-refractivity contribution in [3.8, 4) is 0 Å². The molecule has 0 radical (unpaired) electrons. The Balaban J connectivity index is 1.71. The Morgan fingerprint density at radius 1 is 1.25 bits per heavy atom.